The van der Waals surface area contributed by atoms with Crippen LogP contribution in [0.4, 0.5) is 0 Å². The fourth-order valence-corrected chi connectivity index (χ4v) is 4.69. The van der Waals surface area contributed by atoms with Crippen LogP contribution >= 0.6 is 0 Å². The molecule has 0 saturated heterocycles. The summed E-state index contributed by atoms with van der Waals surface area (Å²) in [7, 11) is 1.60. The van der Waals surface area contributed by atoms with Gasteiger partial charge in [0, 0.05) is 11.6 Å². The highest BCUT2D eigenvalue weighted by molar-refractivity contribution is 7.97. The highest BCUT2D eigenvalue weighted by Crippen LogP contribution is 2.34. The maximum atomic E-state index is 5.44. The first-order valence-electron chi connectivity index (χ1n) is 7.28. The lowest BCUT2D eigenvalue weighted by Crippen LogP contribution is -2.06. The van der Waals surface area contributed by atoms with Gasteiger partial charge in [0.25, 0.3) is 0 Å². The van der Waals surface area contributed by atoms with E-state index in [-0.39, 0.29) is 10.9 Å². The Morgan fingerprint density at radius 3 is 1.77 bits per heavy atom. The van der Waals surface area contributed by atoms with Gasteiger partial charge in [0.2, 0.25) is 0 Å². The van der Waals surface area contributed by atoms with E-state index in [1.807, 2.05) is 6.07 Å². The second-order valence-electron chi connectivity index (χ2n) is 5.06. The molecule has 0 heterocycles. The Morgan fingerprint density at radius 1 is 0.727 bits per heavy atom. The largest absolute Gasteiger partial charge is 0.497 e. The monoisotopic (exact) mass is 307 g/mol. The van der Waals surface area contributed by atoms with Crippen LogP contribution in [-0.2, 0) is 10.9 Å². The molecule has 0 aliphatic carbocycles. The van der Waals surface area contributed by atoms with E-state index in [0.717, 1.165) is 5.75 Å². The molecular formula is C20H19OS+. The van der Waals surface area contributed by atoms with Crippen molar-refractivity contribution in [3.63, 3.8) is 0 Å². The van der Waals surface area contributed by atoms with E-state index in [9.17, 15) is 0 Å². The van der Waals surface area contributed by atoms with E-state index < -0.39 is 0 Å². The van der Waals surface area contributed by atoms with Crippen molar-refractivity contribution in [3.8, 4) is 5.75 Å². The Morgan fingerprint density at radius 2 is 1.27 bits per heavy atom. The summed E-state index contributed by atoms with van der Waals surface area (Å²) in [6.07, 6.45) is 0. The standard InChI is InChI=1S/C20H19OS/c1-16-13-14-17(21-2)15-20(16)22(18-9-5-3-6-10-18)19-11-7-4-8-12-19/h3-15H,1-2H3/q+1. The molecule has 0 bridgehead atoms. The van der Waals surface area contributed by atoms with Gasteiger partial charge in [-0.05, 0) is 37.3 Å². The molecule has 0 N–H and O–H groups in total. The summed E-state index contributed by atoms with van der Waals surface area (Å²) in [6.45, 7) is 2.17. The third-order valence-corrected chi connectivity index (χ3v) is 5.94. The lowest BCUT2D eigenvalue weighted by Gasteiger charge is -2.11. The van der Waals surface area contributed by atoms with Crippen molar-refractivity contribution in [2.75, 3.05) is 7.11 Å². The molecule has 3 rings (SSSR count). The molecular weight excluding hydrogens is 288 g/mol. The molecule has 2 heteroatoms. The summed E-state index contributed by atoms with van der Waals surface area (Å²) in [6, 6.07) is 27.7. The van der Waals surface area contributed by atoms with Crippen molar-refractivity contribution in [1.29, 1.82) is 0 Å². The van der Waals surface area contributed by atoms with Crippen LogP contribution in [0, 0.1) is 6.92 Å². The molecule has 0 saturated carbocycles. The molecule has 0 atom stereocenters. The summed E-state index contributed by atoms with van der Waals surface area (Å²) >= 11 is 0. The minimum atomic E-state index is -0.118. The number of hydrogen-bond donors (Lipinski definition) is 0. The van der Waals surface area contributed by atoms with Crippen LogP contribution in [0.15, 0.2) is 93.5 Å². The molecule has 0 aliphatic rings. The zero-order valence-corrected chi connectivity index (χ0v) is 13.6. The number of methoxy groups -OCH3 is 1. The van der Waals surface area contributed by atoms with Crippen molar-refractivity contribution < 1.29 is 4.74 Å². The molecule has 0 aromatic heterocycles. The van der Waals surface area contributed by atoms with Crippen LogP contribution in [-0.4, -0.2) is 7.11 Å². The second kappa shape index (κ2) is 6.71. The predicted octanol–water partition coefficient (Wildman–Crippen LogP) is 5.10. The van der Waals surface area contributed by atoms with E-state index in [2.05, 4.69) is 79.7 Å². The summed E-state index contributed by atoms with van der Waals surface area (Å²) < 4.78 is 5.44. The zero-order chi connectivity index (χ0) is 15.4. The first-order valence-corrected chi connectivity index (χ1v) is 8.51. The minimum Gasteiger partial charge on any atom is -0.497 e. The smallest absolute Gasteiger partial charge is 0.173 e. The molecule has 1 nitrogen and oxygen atoms in total. The lowest BCUT2D eigenvalue weighted by molar-refractivity contribution is 0.413. The van der Waals surface area contributed by atoms with E-state index in [0.29, 0.717) is 0 Å². The first-order chi connectivity index (χ1) is 10.8. The summed E-state index contributed by atoms with van der Waals surface area (Å²) in [5.74, 6) is 0.907. The van der Waals surface area contributed by atoms with Gasteiger partial charge in [0.05, 0.1) is 18.0 Å². The van der Waals surface area contributed by atoms with Crippen LogP contribution in [0.5, 0.6) is 5.75 Å². The SMILES string of the molecule is COc1ccc(C)c([S+](c2ccccc2)c2ccccc2)c1. The highest BCUT2D eigenvalue weighted by Gasteiger charge is 2.30. The lowest BCUT2D eigenvalue weighted by atomic mass is 10.2. The van der Waals surface area contributed by atoms with E-state index >= 15 is 0 Å². The Labute approximate surface area is 134 Å². The van der Waals surface area contributed by atoms with Crippen molar-refractivity contribution in [1.82, 2.24) is 0 Å². The third kappa shape index (κ3) is 3.02. The number of aryl methyl sites for hydroxylation is 1. The fraction of sp³-hybridized carbons (Fsp3) is 0.100. The summed E-state index contributed by atoms with van der Waals surface area (Å²) in [5.41, 5.74) is 1.29. The van der Waals surface area contributed by atoms with Crippen LogP contribution < -0.4 is 4.74 Å². The number of hydrogen-bond acceptors (Lipinski definition) is 1. The van der Waals surface area contributed by atoms with Crippen molar-refractivity contribution in [2.45, 2.75) is 21.6 Å². The molecule has 0 aliphatic heterocycles. The van der Waals surface area contributed by atoms with Gasteiger partial charge in [0.15, 0.2) is 14.7 Å². The van der Waals surface area contributed by atoms with Gasteiger partial charge >= 0.3 is 0 Å². The van der Waals surface area contributed by atoms with E-state index in [4.69, 9.17) is 4.74 Å². The van der Waals surface area contributed by atoms with Gasteiger partial charge in [-0.25, -0.2) is 0 Å². The van der Waals surface area contributed by atoms with E-state index in [1.54, 1.807) is 7.11 Å². The van der Waals surface area contributed by atoms with Crippen molar-refractivity contribution in [3.05, 3.63) is 84.4 Å². The van der Waals surface area contributed by atoms with Crippen LogP contribution in [0.25, 0.3) is 0 Å². The van der Waals surface area contributed by atoms with Gasteiger partial charge in [-0.1, -0.05) is 42.5 Å². The van der Waals surface area contributed by atoms with Gasteiger partial charge in [0.1, 0.15) is 5.75 Å². The van der Waals surface area contributed by atoms with Crippen LogP contribution in [0.1, 0.15) is 5.56 Å². The summed E-state index contributed by atoms with van der Waals surface area (Å²) in [5, 5.41) is 0. The van der Waals surface area contributed by atoms with Gasteiger partial charge in [-0.3, -0.25) is 0 Å². The molecule has 3 aromatic rings. The average Bonchev–Trinajstić information content (AvgIpc) is 2.59. The normalized spacial score (nSPS) is 10.7. The van der Waals surface area contributed by atoms with Crippen LogP contribution in [0.2, 0.25) is 0 Å². The Bertz CT molecular complexity index is 699. The maximum absolute atomic E-state index is 5.44. The molecule has 0 fully saturated rings. The van der Waals surface area contributed by atoms with Crippen molar-refractivity contribution in [2.24, 2.45) is 0 Å². The quantitative estimate of drug-likeness (QED) is 0.609. The second-order valence-corrected chi connectivity index (χ2v) is 7.06. The highest BCUT2D eigenvalue weighted by atomic mass is 32.2. The van der Waals surface area contributed by atoms with Gasteiger partial charge < -0.3 is 4.74 Å². The molecule has 22 heavy (non-hydrogen) atoms. The Balaban J connectivity index is 2.18. The Hall–Kier alpha value is -2.19. The average molecular weight is 307 g/mol. The zero-order valence-electron chi connectivity index (χ0n) is 12.8. The molecule has 0 spiro atoms. The van der Waals surface area contributed by atoms with Crippen LogP contribution in [0.3, 0.4) is 0 Å². The fourth-order valence-electron chi connectivity index (χ4n) is 2.43. The van der Waals surface area contributed by atoms with E-state index in [1.165, 1.54) is 20.2 Å². The molecule has 3 aromatic carbocycles. The summed E-state index contributed by atoms with van der Waals surface area (Å²) in [4.78, 5) is 3.96. The Kier molecular flexibility index (Phi) is 4.50. The number of ether oxygens (including phenoxy) is 1. The molecule has 0 unspecified atom stereocenters. The molecule has 0 radical (unpaired) electrons. The van der Waals surface area contributed by atoms with Crippen molar-refractivity contribution >= 4 is 10.9 Å². The van der Waals surface area contributed by atoms with Gasteiger partial charge in [-0.2, -0.15) is 0 Å². The number of benzene rings is 3. The minimum absolute atomic E-state index is 0.118. The van der Waals surface area contributed by atoms with Gasteiger partial charge in [-0.15, -0.1) is 0 Å². The number of rotatable bonds is 4. The molecule has 110 valence electrons. The molecule has 0 amide bonds. The maximum Gasteiger partial charge on any atom is 0.173 e. The third-order valence-electron chi connectivity index (χ3n) is 3.57. The predicted molar refractivity (Wildman–Crippen MR) is 92.8 cm³/mol. The topological polar surface area (TPSA) is 9.23 Å². The first kappa shape index (κ1) is 14.7.